The molecule has 1 aliphatic rings. The van der Waals surface area contributed by atoms with Gasteiger partial charge >= 0.3 is 5.97 Å². The van der Waals surface area contributed by atoms with Crippen LogP contribution in [0.4, 0.5) is 5.69 Å². The van der Waals surface area contributed by atoms with E-state index < -0.39 is 24.1 Å². The zero-order valence-corrected chi connectivity index (χ0v) is 15.6. The van der Waals surface area contributed by atoms with Crippen LogP contribution in [0, 0.1) is 0 Å². The summed E-state index contributed by atoms with van der Waals surface area (Å²) in [6.45, 7) is 3.28. The molecule has 2 atom stereocenters. The van der Waals surface area contributed by atoms with Gasteiger partial charge in [-0.1, -0.05) is 30.3 Å². The molecule has 0 spiro atoms. The second kappa shape index (κ2) is 8.14. The van der Waals surface area contributed by atoms with Crippen molar-refractivity contribution in [3.05, 3.63) is 71.4 Å². The van der Waals surface area contributed by atoms with E-state index in [2.05, 4.69) is 5.32 Å². The van der Waals surface area contributed by atoms with Gasteiger partial charge in [-0.25, -0.2) is 4.79 Å². The van der Waals surface area contributed by atoms with Crippen molar-refractivity contribution in [2.45, 2.75) is 26.1 Å². The minimum Gasteiger partial charge on any atom is -0.508 e. The van der Waals surface area contributed by atoms with Crippen LogP contribution in [0.1, 0.15) is 25.5 Å². The monoisotopic (exact) mass is 382 g/mol. The van der Waals surface area contributed by atoms with E-state index in [1.807, 2.05) is 6.07 Å². The van der Waals surface area contributed by atoms with Gasteiger partial charge in [0, 0.05) is 5.69 Å². The van der Waals surface area contributed by atoms with Crippen LogP contribution in [-0.2, 0) is 14.3 Å². The van der Waals surface area contributed by atoms with Crippen LogP contribution in [-0.4, -0.2) is 39.8 Å². The summed E-state index contributed by atoms with van der Waals surface area (Å²) in [5.41, 5.74) is 1.37. The lowest BCUT2D eigenvalue weighted by Crippen LogP contribution is -2.38. The van der Waals surface area contributed by atoms with Crippen molar-refractivity contribution in [3.63, 3.8) is 0 Å². The molecule has 28 heavy (non-hydrogen) atoms. The standard InChI is InChI=1S/C21H22N2O5/c1-3-28-21(27)17-18(22-15-7-5-4-6-8-15)20(26)23(13(2)24)19(17)14-9-11-16(25)12-10-14/h4-13,19,22,24-25H,3H2,1-2H3. The molecule has 1 heterocycles. The second-order valence-corrected chi connectivity index (χ2v) is 6.34. The topological polar surface area (TPSA) is 99.1 Å². The third kappa shape index (κ3) is 3.70. The first-order chi connectivity index (χ1) is 13.4. The van der Waals surface area contributed by atoms with Gasteiger partial charge < -0.3 is 25.2 Å². The fourth-order valence-electron chi connectivity index (χ4n) is 3.22. The average molecular weight is 382 g/mol. The summed E-state index contributed by atoms with van der Waals surface area (Å²) in [5.74, 6) is -1.10. The predicted octanol–water partition coefficient (Wildman–Crippen LogP) is 2.54. The number of esters is 1. The average Bonchev–Trinajstić information content (AvgIpc) is 2.96. The molecule has 0 bridgehead atoms. The third-order valence-corrected chi connectivity index (χ3v) is 4.42. The summed E-state index contributed by atoms with van der Waals surface area (Å²) in [5, 5.41) is 22.9. The molecule has 1 aliphatic heterocycles. The molecule has 7 heteroatoms. The second-order valence-electron chi connectivity index (χ2n) is 6.34. The van der Waals surface area contributed by atoms with Crippen molar-refractivity contribution in [3.8, 4) is 5.75 Å². The number of aromatic hydroxyl groups is 1. The number of ether oxygens (including phenoxy) is 1. The first-order valence-corrected chi connectivity index (χ1v) is 8.97. The Bertz CT molecular complexity index is 891. The predicted molar refractivity (Wildman–Crippen MR) is 103 cm³/mol. The number of anilines is 1. The van der Waals surface area contributed by atoms with E-state index in [0.29, 0.717) is 11.3 Å². The number of aliphatic hydroxyl groups is 1. The third-order valence-electron chi connectivity index (χ3n) is 4.42. The number of hydrogen-bond donors (Lipinski definition) is 3. The maximum Gasteiger partial charge on any atom is 0.338 e. The van der Waals surface area contributed by atoms with E-state index in [9.17, 15) is 19.8 Å². The molecule has 2 aromatic rings. The summed E-state index contributed by atoms with van der Waals surface area (Å²) in [6.07, 6.45) is -1.15. The Morgan fingerprint density at radius 2 is 1.82 bits per heavy atom. The van der Waals surface area contributed by atoms with Crippen LogP contribution >= 0.6 is 0 Å². The minimum atomic E-state index is -1.15. The lowest BCUT2D eigenvalue weighted by Gasteiger charge is -2.29. The number of para-hydroxylation sites is 1. The summed E-state index contributed by atoms with van der Waals surface area (Å²) in [7, 11) is 0. The Morgan fingerprint density at radius 3 is 2.39 bits per heavy atom. The molecule has 0 aliphatic carbocycles. The van der Waals surface area contributed by atoms with Gasteiger partial charge in [0.15, 0.2) is 0 Å². The highest BCUT2D eigenvalue weighted by atomic mass is 16.5. The Kier molecular flexibility index (Phi) is 5.65. The van der Waals surface area contributed by atoms with Gasteiger partial charge in [-0.2, -0.15) is 0 Å². The maximum absolute atomic E-state index is 13.1. The summed E-state index contributed by atoms with van der Waals surface area (Å²) >= 11 is 0. The number of nitrogens with zero attached hydrogens (tertiary/aromatic N) is 1. The van der Waals surface area contributed by atoms with Crippen LogP contribution in [0.2, 0.25) is 0 Å². The first kappa shape index (κ1) is 19.4. The Balaban J connectivity index is 2.15. The first-order valence-electron chi connectivity index (χ1n) is 8.97. The van der Waals surface area contributed by atoms with Gasteiger partial charge in [0.25, 0.3) is 5.91 Å². The molecule has 0 aromatic heterocycles. The number of aliphatic hydroxyl groups excluding tert-OH is 1. The summed E-state index contributed by atoms with van der Waals surface area (Å²) in [4.78, 5) is 27.1. The smallest absolute Gasteiger partial charge is 0.338 e. The number of phenols is 1. The summed E-state index contributed by atoms with van der Waals surface area (Å²) < 4.78 is 5.20. The zero-order valence-electron chi connectivity index (χ0n) is 15.6. The molecule has 3 rings (SSSR count). The van der Waals surface area contributed by atoms with Gasteiger partial charge in [0.2, 0.25) is 0 Å². The van der Waals surface area contributed by atoms with Gasteiger partial charge in [-0.3, -0.25) is 4.79 Å². The zero-order chi connectivity index (χ0) is 20.3. The number of carbonyl (C=O) groups is 2. The van der Waals surface area contributed by atoms with E-state index in [1.165, 1.54) is 24.0 Å². The number of amides is 1. The van der Waals surface area contributed by atoms with Crippen LogP contribution in [0.15, 0.2) is 65.9 Å². The Morgan fingerprint density at radius 1 is 1.18 bits per heavy atom. The number of carbonyl (C=O) groups excluding carboxylic acids is 2. The largest absolute Gasteiger partial charge is 0.508 e. The van der Waals surface area contributed by atoms with Crippen molar-refractivity contribution in [1.82, 2.24) is 4.90 Å². The number of rotatable bonds is 6. The highest BCUT2D eigenvalue weighted by Crippen LogP contribution is 2.40. The number of hydrogen-bond acceptors (Lipinski definition) is 6. The van der Waals surface area contributed by atoms with Crippen molar-refractivity contribution in [2.75, 3.05) is 11.9 Å². The van der Waals surface area contributed by atoms with Crippen molar-refractivity contribution < 1.29 is 24.5 Å². The van der Waals surface area contributed by atoms with Gasteiger partial charge in [0.1, 0.15) is 17.7 Å². The number of nitrogens with one attached hydrogen (secondary N) is 1. The molecule has 2 aromatic carbocycles. The van der Waals surface area contributed by atoms with E-state index in [-0.39, 0.29) is 23.6 Å². The summed E-state index contributed by atoms with van der Waals surface area (Å²) in [6, 6.07) is 14.3. The molecule has 1 amide bonds. The fourth-order valence-corrected chi connectivity index (χ4v) is 3.22. The molecule has 3 N–H and O–H groups in total. The Hall–Kier alpha value is -3.32. The molecule has 7 nitrogen and oxygen atoms in total. The van der Waals surface area contributed by atoms with E-state index >= 15 is 0 Å². The minimum absolute atomic E-state index is 0.0565. The van der Waals surface area contributed by atoms with E-state index in [0.717, 1.165) is 0 Å². The Labute approximate surface area is 162 Å². The number of benzene rings is 2. The molecule has 2 unspecified atom stereocenters. The quantitative estimate of drug-likeness (QED) is 0.664. The molecule has 0 fully saturated rings. The SMILES string of the molecule is CCOC(=O)C1=C(Nc2ccccc2)C(=O)N(C(C)O)C1c1ccc(O)cc1. The van der Waals surface area contributed by atoms with Gasteiger partial charge in [-0.15, -0.1) is 0 Å². The number of phenolic OH excluding ortho intramolecular Hbond substituents is 1. The van der Waals surface area contributed by atoms with Crippen molar-refractivity contribution >= 4 is 17.6 Å². The van der Waals surface area contributed by atoms with Crippen molar-refractivity contribution in [1.29, 1.82) is 0 Å². The molecule has 0 radical (unpaired) electrons. The van der Waals surface area contributed by atoms with Crippen LogP contribution in [0.25, 0.3) is 0 Å². The maximum atomic E-state index is 13.1. The fraction of sp³-hybridized carbons (Fsp3) is 0.238. The molecule has 146 valence electrons. The molecular weight excluding hydrogens is 360 g/mol. The molecular formula is C21H22N2O5. The van der Waals surface area contributed by atoms with Gasteiger partial charge in [0.05, 0.1) is 18.2 Å². The normalized spacial score (nSPS) is 17.6. The van der Waals surface area contributed by atoms with E-state index in [4.69, 9.17) is 4.74 Å². The highest BCUT2D eigenvalue weighted by Gasteiger charge is 2.46. The van der Waals surface area contributed by atoms with Crippen LogP contribution in [0.3, 0.4) is 0 Å². The van der Waals surface area contributed by atoms with Gasteiger partial charge in [-0.05, 0) is 43.7 Å². The lowest BCUT2D eigenvalue weighted by atomic mass is 9.98. The highest BCUT2D eigenvalue weighted by molar-refractivity contribution is 6.09. The van der Waals surface area contributed by atoms with E-state index in [1.54, 1.807) is 43.3 Å². The van der Waals surface area contributed by atoms with Crippen LogP contribution < -0.4 is 5.32 Å². The lowest BCUT2D eigenvalue weighted by molar-refractivity contribution is -0.140. The molecule has 0 saturated carbocycles. The van der Waals surface area contributed by atoms with Crippen LogP contribution in [0.5, 0.6) is 5.75 Å². The molecule has 0 saturated heterocycles. The van der Waals surface area contributed by atoms with Crippen molar-refractivity contribution in [2.24, 2.45) is 0 Å².